The van der Waals surface area contributed by atoms with Gasteiger partial charge in [-0.2, -0.15) is 5.10 Å². The third kappa shape index (κ3) is 2.40. The lowest BCUT2D eigenvalue weighted by Gasteiger charge is -2.57. The second-order valence-electron chi connectivity index (χ2n) is 9.01. The summed E-state index contributed by atoms with van der Waals surface area (Å²) < 4.78 is 1.84. The summed E-state index contributed by atoms with van der Waals surface area (Å²) >= 11 is 0. The van der Waals surface area contributed by atoms with Crippen LogP contribution in [0.5, 0.6) is 0 Å². The molecule has 2 atom stereocenters. The molecule has 1 aromatic heterocycles. The number of hydrogen-bond donors (Lipinski definition) is 2. The van der Waals surface area contributed by atoms with Crippen LogP contribution in [0.15, 0.2) is 12.4 Å². The molecule has 24 heavy (non-hydrogen) atoms. The molecule has 1 aliphatic heterocycles. The normalized spacial score (nSPS) is 43.3. The van der Waals surface area contributed by atoms with Crippen molar-refractivity contribution < 1.29 is 4.79 Å². The van der Waals surface area contributed by atoms with E-state index in [9.17, 15) is 4.79 Å². The van der Waals surface area contributed by atoms with Crippen LogP contribution < -0.4 is 10.6 Å². The lowest BCUT2D eigenvalue weighted by Crippen LogP contribution is -2.61. The zero-order valence-electron chi connectivity index (χ0n) is 14.5. The number of carbonyl (C=O) groups excluding carboxylic acids is 1. The van der Waals surface area contributed by atoms with Crippen LogP contribution in [0.25, 0.3) is 0 Å². The second-order valence-corrected chi connectivity index (χ2v) is 9.01. The highest BCUT2D eigenvalue weighted by atomic mass is 16.2. The maximum Gasteiger partial charge on any atom is 0.225 e. The average molecular weight is 328 g/mol. The Hall–Kier alpha value is -1.36. The predicted octanol–water partition coefficient (Wildman–Crippen LogP) is 1.81. The van der Waals surface area contributed by atoms with Crippen molar-refractivity contribution in [3.63, 3.8) is 0 Å². The molecule has 2 heterocycles. The van der Waals surface area contributed by atoms with Gasteiger partial charge in [0.25, 0.3) is 0 Å². The molecule has 1 aromatic rings. The molecule has 5 aliphatic rings. The van der Waals surface area contributed by atoms with Crippen LogP contribution in [0.2, 0.25) is 0 Å². The first kappa shape index (κ1) is 14.9. The van der Waals surface area contributed by atoms with Crippen LogP contribution in [0.3, 0.4) is 0 Å². The van der Waals surface area contributed by atoms with E-state index >= 15 is 0 Å². The lowest BCUT2D eigenvalue weighted by molar-refractivity contribution is -0.130. The van der Waals surface area contributed by atoms with Gasteiger partial charge in [-0.25, -0.2) is 0 Å². The van der Waals surface area contributed by atoms with E-state index in [1.165, 1.54) is 44.1 Å². The Balaban J connectivity index is 1.33. The highest BCUT2D eigenvalue weighted by molar-refractivity contribution is 5.81. The standard InChI is InChI=1S/C19H28N4O/c1-23-11-15(8-21-23)16-9-20-10-17(16)18(24)22-19-5-12-2-13(6-19)4-14(3-12)7-19/h8,11-14,16-17,20H,2-7,9-10H2,1H3,(H,22,24)/t12?,13?,14?,16-,17+,19?/m1/s1. The van der Waals surface area contributed by atoms with Gasteiger partial charge in [0.1, 0.15) is 0 Å². The first-order chi connectivity index (χ1) is 11.6. The summed E-state index contributed by atoms with van der Waals surface area (Å²) in [5, 5.41) is 11.3. The van der Waals surface area contributed by atoms with Crippen molar-refractivity contribution in [1.82, 2.24) is 20.4 Å². The first-order valence-electron chi connectivity index (χ1n) is 9.61. The summed E-state index contributed by atoms with van der Waals surface area (Å²) in [6, 6.07) is 0. The molecule has 5 fully saturated rings. The summed E-state index contributed by atoms with van der Waals surface area (Å²) in [6.45, 7) is 1.67. The van der Waals surface area contributed by atoms with Crippen LogP contribution in [0.4, 0.5) is 0 Å². The molecule has 4 bridgehead atoms. The first-order valence-corrected chi connectivity index (χ1v) is 9.61. The molecule has 1 amide bonds. The van der Waals surface area contributed by atoms with Crippen molar-refractivity contribution in [3.8, 4) is 0 Å². The Morgan fingerprint density at radius 2 is 1.88 bits per heavy atom. The van der Waals surface area contributed by atoms with Crippen molar-refractivity contribution in [2.45, 2.75) is 50.0 Å². The molecule has 0 unspecified atom stereocenters. The molecule has 5 nitrogen and oxygen atoms in total. The van der Waals surface area contributed by atoms with Gasteiger partial charge in [0, 0.05) is 37.8 Å². The summed E-state index contributed by atoms with van der Waals surface area (Å²) in [6.07, 6.45) is 11.9. The van der Waals surface area contributed by atoms with E-state index in [1.807, 2.05) is 17.9 Å². The minimum absolute atomic E-state index is 0.0437. The Kier molecular flexibility index (Phi) is 3.31. The van der Waals surface area contributed by atoms with Gasteiger partial charge in [-0.3, -0.25) is 9.48 Å². The quantitative estimate of drug-likeness (QED) is 0.890. The summed E-state index contributed by atoms with van der Waals surface area (Å²) in [5.74, 6) is 3.18. The fourth-order valence-electron chi connectivity index (χ4n) is 6.55. The second kappa shape index (κ2) is 5.32. The molecule has 6 rings (SSSR count). The fraction of sp³-hybridized carbons (Fsp3) is 0.789. The molecular formula is C19H28N4O. The van der Waals surface area contributed by atoms with Gasteiger partial charge >= 0.3 is 0 Å². The topological polar surface area (TPSA) is 59.0 Å². The maximum absolute atomic E-state index is 13.1. The summed E-state index contributed by atoms with van der Waals surface area (Å²) in [7, 11) is 1.94. The number of amides is 1. The van der Waals surface area contributed by atoms with E-state index in [4.69, 9.17) is 0 Å². The molecule has 1 saturated heterocycles. The molecule has 130 valence electrons. The van der Waals surface area contributed by atoms with Crippen LogP contribution in [0.1, 0.15) is 50.0 Å². The van der Waals surface area contributed by atoms with E-state index in [-0.39, 0.29) is 23.3 Å². The lowest BCUT2D eigenvalue weighted by atomic mass is 9.53. The van der Waals surface area contributed by atoms with Crippen molar-refractivity contribution in [2.24, 2.45) is 30.7 Å². The SMILES string of the molecule is Cn1cc([C@H]2CNC[C@@H]2C(=O)NC23CC4CC(CC(C4)C2)C3)cn1. The highest BCUT2D eigenvalue weighted by Gasteiger charge is 2.52. The number of nitrogens with zero attached hydrogens (tertiary/aromatic N) is 2. The molecule has 4 saturated carbocycles. The average Bonchev–Trinajstić information content (AvgIpc) is 3.13. The third-order valence-corrected chi connectivity index (χ3v) is 7.13. The summed E-state index contributed by atoms with van der Waals surface area (Å²) in [5.41, 5.74) is 1.31. The van der Waals surface area contributed by atoms with Gasteiger partial charge in [0.2, 0.25) is 5.91 Å². The van der Waals surface area contributed by atoms with E-state index in [1.54, 1.807) is 0 Å². The molecule has 0 spiro atoms. The molecule has 0 aromatic carbocycles. The predicted molar refractivity (Wildman–Crippen MR) is 91.4 cm³/mol. The minimum Gasteiger partial charge on any atom is -0.350 e. The van der Waals surface area contributed by atoms with Gasteiger partial charge in [-0.15, -0.1) is 0 Å². The number of nitrogens with one attached hydrogen (secondary N) is 2. The largest absolute Gasteiger partial charge is 0.350 e. The van der Waals surface area contributed by atoms with Crippen LogP contribution in [-0.4, -0.2) is 34.3 Å². The Morgan fingerprint density at radius 3 is 2.46 bits per heavy atom. The fourth-order valence-corrected chi connectivity index (χ4v) is 6.55. The van der Waals surface area contributed by atoms with Crippen LogP contribution in [0, 0.1) is 23.7 Å². The van der Waals surface area contributed by atoms with Crippen LogP contribution in [-0.2, 0) is 11.8 Å². The van der Waals surface area contributed by atoms with Gasteiger partial charge in [0.05, 0.1) is 12.1 Å². The monoisotopic (exact) mass is 328 g/mol. The number of aromatic nitrogens is 2. The van der Waals surface area contributed by atoms with Crippen molar-refractivity contribution in [2.75, 3.05) is 13.1 Å². The zero-order chi connectivity index (χ0) is 16.3. The number of carbonyl (C=O) groups is 1. The van der Waals surface area contributed by atoms with Gasteiger partial charge in [-0.1, -0.05) is 0 Å². The zero-order valence-corrected chi connectivity index (χ0v) is 14.5. The Morgan fingerprint density at radius 1 is 1.21 bits per heavy atom. The van der Waals surface area contributed by atoms with E-state index < -0.39 is 0 Å². The van der Waals surface area contributed by atoms with Crippen molar-refractivity contribution >= 4 is 5.91 Å². The smallest absolute Gasteiger partial charge is 0.225 e. The molecule has 2 N–H and O–H groups in total. The van der Waals surface area contributed by atoms with Crippen molar-refractivity contribution in [3.05, 3.63) is 18.0 Å². The molecule has 0 radical (unpaired) electrons. The highest BCUT2D eigenvalue weighted by Crippen LogP contribution is 2.55. The van der Waals surface area contributed by atoms with Crippen LogP contribution >= 0.6 is 0 Å². The summed E-state index contributed by atoms with van der Waals surface area (Å²) in [4.78, 5) is 13.1. The Labute approximate surface area is 143 Å². The number of rotatable bonds is 3. The van der Waals surface area contributed by atoms with E-state index in [0.29, 0.717) is 0 Å². The maximum atomic E-state index is 13.1. The van der Waals surface area contributed by atoms with Gasteiger partial charge in [0.15, 0.2) is 0 Å². The van der Waals surface area contributed by atoms with Crippen molar-refractivity contribution in [1.29, 1.82) is 0 Å². The van der Waals surface area contributed by atoms with Gasteiger partial charge < -0.3 is 10.6 Å². The molecule has 5 heteroatoms. The van der Waals surface area contributed by atoms with Gasteiger partial charge in [-0.05, 0) is 61.8 Å². The third-order valence-electron chi connectivity index (χ3n) is 7.13. The number of hydrogen-bond acceptors (Lipinski definition) is 3. The molecule has 4 aliphatic carbocycles. The molecular weight excluding hydrogens is 300 g/mol. The van der Waals surface area contributed by atoms with E-state index in [0.717, 1.165) is 30.8 Å². The Bertz CT molecular complexity index is 616. The minimum atomic E-state index is 0.0437. The number of aryl methyl sites for hydroxylation is 1. The van der Waals surface area contributed by atoms with E-state index in [2.05, 4.69) is 21.9 Å².